The van der Waals surface area contributed by atoms with E-state index in [9.17, 15) is 14.3 Å². The zero-order valence-corrected chi connectivity index (χ0v) is 34.6. The van der Waals surface area contributed by atoms with E-state index in [1.807, 2.05) is 33.3 Å². The van der Waals surface area contributed by atoms with Crippen molar-refractivity contribution in [3.63, 3.8) is 0 Å². The summed E-state index contributed by atoms with van der Waals surface area (Å²) in [7, 11) is 1.26. The Kier molecular flexibility index (Phi) is 34.2. The van der Waals surface area contributed by atoms with Crippen LogP contribution in [0.15, 0.2) is 109 Å². The van der Waals surface area contributed by atoms with Crippen LogP contribution in [0.4, 0.5) is 0 Å². The predicted molar refractivity (Wildman–Crippen MR) is 221 cm³/mol. The van der Waals surface area contributed by atoms with E-state index in [-0.39, 0.29) is 26.2 Å². The zero-order valence-electron chi connectivity index (χ0n) is 33.7. The van der Waals surface area contributed by atoms with Gasteiger partial charge in [-0.25, -0.2) is 0 Å². The molecule has 0 aliphatic carbocycles. The Hall–Kier alpha value is -2.84. The number of phosphoric ester groups is 1. The topological polar surface area (TPSA) is 94.1 Å². The number of rotatable bonds is 34. The number of ether oxygens (including phenoxy) is 2. The highest BCUT2D eigenvalue weighted by molar-refractivity contribution is 7.45. The number of hydrogen-bond acceptors (Lipinski definition) is 7. The second-order valence-corrected chi connectivity index (χ2v) is 14.9. The van der Waals surface area contributed by atoms with E-state index in [0.29, 0.717) is 24.1 Å². The van der Waals surface area contributed by atoms with Gasteiger partial charge in [-0.3, -0.25) is 9.36 Å². The summed E-state index contributed by atoms with van der Waals surface area (Å²) in [6, 6.07) is 0. The SMILES string of the molecule is CC/C=C\C/C=C\C/C=C\C/C=C\C/C=C\CCCCOCC(COP(=O)([O-])OCC[N+](C)(C)C)OC(=O)CC/C=C\C/C=C\C/C=C\C/C=C\CC. The molecule has 300 valence electrons. The molecule has 53 heavy (non-hydrogen) atoms. The lowest BCUT2D eigenvalue weighted by atomic mass is 10.2. The van der Waals surface area contributed by atoms with E-state index in [2.05, 4.69) is 111 Å². The number of likely N-dealkylation sites (N-methyl/N-ethyl adjacent to an activating group) is 1. The van der Waals surface area contributed by atoms with Crippen LogP contribution in [0, 0.1) is 0 Å². The molecule has 0 rings (SSSR count). The summed E-state index contributed by atoms with van der Waals surface area (Å²) in [5.74, 6) is -0.435. The molecule has 0 N–H and O–H groups in total. The van der Waals surface area contributed by atoms with Crippen LogP contribution in [0.5, 0.6) is 0 Å². The fourth-order valence-electron chi connectivity index (χ4n) is 4.35. The van der Waals surface area contributed by atoms with Gasteiger partial charge >= 0.3 is 5.97 Å². The summed E-state index contributed by atoms with van der Waals surface area (Å²) in [6.07, 6.45) is 49.9. The van der Waals surface area contributed by atoms with E-state index in [1.54, 1.807) is 0 Å². The molecule has 0 aromatic carbocycles. The van der Waals surface area contributed by atoms with Crippen molar-refractivity contribution in [3.8, 4) is 0 Å². The molecule has 0 radical (unpaired) electrons. The van der Waals surface area contributed by atoms with Crippen LogP contribution in [0.3, 0.4) is 0 Å². The van der Waals surface area contributed by atoms with Crippen molar-refractivity contribution in [1.82, 2.24) is 0 Å². The summed E-state index contributed by atoms with van der Waals surface area (Å²) in [4.78, 5) is 24.9. The van der Waals surface area contributed by atoms with Gasteiger partial charge in [-0.1, -0.05) is 123 Å². The van der Waals surface area contributed by atoms with Crippen LogP contribution in [0.25, 0.3) is 0 Å². The van der Waals surface area contributed by atoms with Gasteiger partial charge in [0.15, 0.2) is 0 Å². The number of carbonyl (C=O) groups is 1. The number of unbranched alkanes of at least 4 members (excludes halogenated alkanes) is 2. The quantitative estimate of drug-likeness (QED) is 0.0212. The van der Waals surface area contributed by atoms with E-state index in [4.69, 9.17) is 18.5 Å². The monoisotopic (exact) mass is 758 g/mol. The minimum Gasteiger partial charge on any atom is -0.756 e. The maximum atomic E-state index is 12.6. The van der Waals surface area contributed by atoms with Crippen LogP contribution in [-0.4, -0.2) is 70.7 Å². The number of nitrogens with zero attached hydrogens (tertiary/aromatic N) is 1. The second-order valence-electron chi connectivity index (χ2n) is 13.5. The normalized spacial score (nSPS) is 15.1. The molecular weight excluding hydrogens is 685 g/mol. The van der Waals surface area contributed by atoms with Crippen LogP contribution in [-0.2, 0) is 27.9 Å². The van der Waals surface area contributed by atoms with Crippen LogP contribution >= 0.6 is 7.82 Å². The van der Waals surface area contributed by atoms with E-state index in [1.165, 1.54) is 0 Å². The van der Waals surface area contributed by atoms with Crippen molar-refractivity contribution in [2.75, 3.05) is 54.1 Å². The molecule has 0 heterocycles. The molecule has 0 spiro atoms. The maximum absolute atomic E-state index is 12.6. The Morgan fingerprint density at radius 3 is 1.47 bits per heavy atom. The predicted octanol–water partition coefficient (Wildman–Crippen LogP) is 10.6. The first-order valence-corrected chi connectivity index (χ1v) is 21.1. The van der Waals surface area contributed by atoms with Crippen molar-refractivity contribution in [3.05, 3.63) is 109 Å². The lowest BCUT2D eigenvalue weighted by Crippen LogP contribution is -2.37. The van der Waals surface area contributed by atoms with Gasteiger partial charge in [0.1, 0.15) is 19.3 Å². The third-order valence-corrected chi connectivity index (χ3v) is 8.30. The summed E-state index contributed by atoms with van der Waals surface area (Å²) in [5.41, 5.74) is 0. The van der Waals surface area contributed by atoms with Gasteiger partial charge in [0, 0.05) is 13.0 Å². The molecule has 9 heteroatoms. The Morgan fingerprint density at radius 1 is 0.585 bits per heavy atom. The summed E-state index contributed by atoms with van der Waals surface area (Å²) in [6.45, 7) is 4.91. The van der Waals surface area contributed by atoms with E-state index in [0.717, 1.165) is 77.0 Å². The molecule has 0 aliphatic rings. The third-order valence-electron chi connectivity index (χ3n) is 7.33. The molecule has 8 nitrogen and oxygen atoms in total. The van der Waals surface area contributed by atoms with Gasteiger partial charge in [-0.2, -0.15) is 0 Å². The number of esters is 1. The van der Waals surface area contributed by atoms with Gasteiger partial charge in [0.2, 0.25) is 0 Å². The highest BCUT2D eigenvalue weighted by atomic mass is 31.2. The molecule has 0 bridgehead atoms. The van der Waals surface area contributed by atoms with Crippen molar-refractivity contribution >= 4 is 13.8 Å². The molecule has 0 saturated heterocycles. The third kappa shape index (κ3) is 40.2. The molecule has 0 aromatic rings. The molecule has 2 atom stereocenters. The van der Waals surface area contributed by atoms with Gasteiger partial charge in [-0.15, -0.1) is 0 Å². The van der Waals surface area contributed by atoms with Crippen molar-refractivity contribution in [1.29, 1.82) is 0 Å². The highest BCUT2D eigenvalue weighted by Crippen LogP contribution is 2.38. The first kappa shape index (κ1) is 50.2. The van der Waals surface area contributed by atoms with E-state index >= 15 is 0 Å². The average Bonchev–Trinajstić information content (AvgIpc) is 3.11. The maximum Gasteiger partial charge on any atom is 0.306 e. The number of phosphoric acid groups is 1. The summed E-state index contributed by atoms with van der Waals surface area (Å²) >= 11 is 0. The number of hydrogen-bond donors (Lipinski definition) is 0. The van der Waals surface area contributed by atoms with E-state index < -0.39 is 19.9 Å². The molecule has 0 aliphatic heterocycles. The molecule has 0 saturated carbocycles. The minimum atomic E-state index is -4.56. The summed E-state index contributed by atoms with van der Waals surface area (Å²) < 4.78 is 34.3. The molecule has 0 fully saturated rings. The lowest BCUT2D eigenvalue weighted by Gasteiger charge is -2.28. The van der Waals surface area contributed by atoms with Crippen LogP contribution < -0.4 is 4.89 Å². The number of quaternary nitrogens is 1. The standard InChI is InChI=1S/C44H72NO7P/c1-6-8-10-12-14-16-18-20-21-22-23-24-26-28-30-32-34-36-39-49-41-43(42-51-53(47,48)50-40-38-45(3,4)5)52-44(46)37-35-33-31-29-27-25-19-17-15-13-11-9-7-2/h8-11,14-17,20-21,23-25,27-28,30-31,33,43H,6-7,12-13,18-19,22,26,29,32,34-42H2,1-5H3/b10-8-,11-9-,16-14-,17-15-,21-20-,24-23-,27-25-,30-28-,33-31-. The fraction of sp³-hybridized carbons (Fsp3) is 0.568. The van der Waals surface area contributed by atoms with Gasteiger partial charge < -0.3 is 27.9 Å². The number of carbonyl (C=O) groups excluding carboxylic acids is 1. The molecular formula is C44H72NO7P. The van der Waals surface area contributed by atoms with Gasteiger partial charge in [-0.05, 0) is 83.5 Å². The average molecular weight is 758 g/mol. The molecule has 0 amide bonds. The van der Waals surface area contributed by atoms with Crippen molar-refractivity contribution < 1.29 is 37.3 Å². The summed E-state index contributed by atoms with van der Waals surface area (Å²) in [5, 5.41) is 0. The lowest BCUT2D eigenvalue weighted by molar-refractivity contribution is -0.870. The first-order valence-electron chi connectivity index (χ1n) is 19.6. The largest absolute Gasteiger partial charge is 0.756 e. The van der Waals surface area contributed by atoms with Crippen LogP contribution in [0.1, 0.15) is 104 Å². The smallest absolute Gasteiger partial charge is 0.306 e. The van der Waals surface area contributed by atoms with Gasteiger partial charge in [0.25, 0.3) is 7.82 Å². The molecule has 2 unspecified atom stereocenters. The Balaban J connectivity index is 4.50. The number of allylic oxidation sites excluding steroid dienone is 18. The second kappa shape index (κ2) is 36.2. The van der Waals surface area contributed by atoms with Crippen LogP contribution in [0.2, 0.25) is 0 Å². The fourth-order valence-corrected chi connectivity index (χ4v) is 5.08. The Labute approximate surface area is 323 Å². The zero-order chi connectivity index (χ0) is 39.1. The van der Waals surface area contributed by atoms with Gasteiger partial charge in [0.05, 0.1) is 34.4 Å². The van der Waals surface area contributed by atoms with Crippen molar-refractivity contribution in [2.24, 2.45) is 0 Å². The first-order chi connectivity index (χ1) is 25.6. The van der Waals surface area contributed by atoms with Crippen molar-refractivity contribution in [2.45, 2.75) is 110 Å². The molecule has 0 aromatic heterocycles. The Morgan fingerprint density at radius 2 is 1.02 bits per heavy atom. The Bertz CT molecular complexity index is 1200. The highest BCUT2D eigenvalue weighted by Gasteiger charge is 2.20. The minimum absolute atomic E-state index is 0.00200.